The molecule has 2 N–H and O–H groups in total. The second kappa shape index (κ2) is 5.96. The molecule has 0 aliphatic rings. The molecule has 0 aliphatic heterocycles. The standard InChI is InChI=1S/C16H10F3N3O/c17-11-5-6-12(14(19)13(11)18)21-22-16(23)15-10-4-2-1-3-9(10)7-8-20-15/h1-8,21H,(H,22,23). The van der Waals surface area contributed by atoms with E-state index in [2.05, 4.69) is 15.8 Å². The molecule has 0 radical (unpaired) electrons. The Balaban J connectivity index is 1.84. The molecule has 0 fully saturated rings. The molecular formula is C16H10F3N3O. The van der Waals surface area contributed by atoms with Crippen molar-refractivity contribution < 1.29 is 18.0 Å². The lowest BCUT2D eigenvalue weighted by atomic mass is 10.1. The minimum atomic E-state index is -1.62. The third-order valence-corrected chi connectivity index (χ3v) is 3.23. The number of aromatic nitrogens is 1. The van der Waals surface area contributed by atoms with Crippen LogP contribution in [-0.4, -0.2) is 10.9 Å². The summed E-state index contributed by atoms with van der Waals surface area (Å²) in [5, 5.41) is 1.42. The van der Waals surface area contributed by atoms with Gasteiger partial charge in [-0.1, -0.05) is 24.3 Å². The Morgan fingerprint density at radius 2 is 1.74 bits per heavy atom. The monoisotopic (exact) mass is 317 g/mol. The smallest absolute Gasteiger partial charge is 0.288 e. The molecule has 0 bridgehead atoms. The quantitative estimate of drug-likeness (QED) is 0.575. The molecule has 0 saturated carbocycles. The molecule has 116 valence electrons. The molecule has 0 saturated heterocycles. The Morgan fingerprint density at radius 3 is 2.57 bits per heavy atom. The number of carbonyl (C=O) groups is 1. The first kappa shape index (κ1) is 14.8. The Bertz CT molecular complexity index is 894. The number of hydrogen-bond acceptors (Lipinski definition) is 3. The van der Waals surface area contributed by atoms with E-state index in [1.54, 1.807) is 18.2 Å². The van der Waals surface area contributed by atoms with Crippen LogP contribution in [0.15, 0.2) is 48.7 Å². The largest absolute Gasteiger partial charge is 0.295 e. The van der Waals surface area contributed by atoms with Crippen LogP contribution in [0.25, 0.3) is 10.8 Å². The third kappa shape index (κ3) is 2.80. The number of hydrazine groups is 1. The number of rotatable bonds is 3. The highest BCUT2D eigenvalue weighted by Gasteiger charge is 2.15. The zero-order valence-electron chi connectivity index (χ0n) is 11.6. The van der Waals surface area contributed by atoms with Gasteiger partial charge in [0.05, 0.1) is 5.69 Å². The first-order valence-corrected chi connectivity index (χ1v) is 6.61. The van der Waals surface area contributed by atoms with Crippen molar-refractivity contribution in [2.75, 3.05) is 5.43 Å². The number of halogens is 3. The maximum Gasteiger partial charge on any atom is 0.288 e. The van der Waals surface area contributed by atoms with Gasteiger partial charge in [-0.05, 0) is 23.6 Å². The molecule has 2 aromatic carbocycles. The normalized spacial score (nSPS) is 10.6. The number of benzene rings is 2. The predicted octanol–water partition coefficient (Wildman–Crippen LogP) is 3.41. The van der Waals surface area contributed by atoms with Crippen LogP contribution in [0.2, 0.25) is 0 Å². The maximum atomic E-state index is 13.5. The summed E-state index contributed by atoms with van der Waals surface area (Å²) < 4.78 is 39.5. The molecule has 3 rings (SSSR count). The van der Waals surface area contributed by atoms with Crippen molar-refractivity contribution in [3.8, 4) is 0 Å². The highest BCUT2D eigenvalue weighted by molar-refractivity contribution is 6.05. The van der Waals surface area contributed by atoms with E-state index in [4.69, 9.17) is 0 Å². The van der Waals surface area contributed by atoms with E-state index in [1.165, 1.54) is 6.20 Å². The first-order valence-electron chi connectivity index (χ1n) is 6.61. The molecule has 0 spiro atoms. The van der Waals surface area contributed by atoms with E-state index >= 15 is 0 Å². The van der Waals surface area contributed by atoms with Crippen LogP contribution in [0.1, 0.15) is 10.5 Å². The van der Waals surface area contributed by atoms with Crippen LogP contribution in [-0.2, 0) is 0 Å². The topological polar surface area (TPSA) is 54.0 Å². The minimum absolute atomic E-state index is 0.124. The summed E-state index contributed by atoms with van der Waals surface area (Å²) in [7, 11) is 0. The zero-order valence-corrected chi connectivity index (χ0v) is 11.6. The Labute approximate surface area is 128 Å². The molecule has 1 heterocycles. The van der Waals surface area contributed by atoms with Gasteiger partial charge in [-0.15, -0.1) is 0 Å². The number of pyridine rings is 1. The van der Waals surface area contributed by atoms with Crippen molar-refractivity contribution in [3.63, 3.8) is 0 Å². The number of carbonyl (C=O) groups excluding carboxylic acids is 1. The number of amides is 1. The molecule has 1 aromatic heterocycles. The molecule has 0 unspecified atom stereocenters. The fraction of sp³-hybridized carbons (Fsp3) is 0. The highest BCUT2D eigenvalue weighted by atomic mass is 19.2. The van der Waals surface area contributed by atoms with E-state index in [9.17, 15) is 18.0 Å². The molecule has 7 heteroatoms. The van der Waals surface area contributed by atoms with Crippen molar-refractivity contribution in [1.82, 2.24) is 10.4 Å². The average molecular weight is 317 g/mol. The van der Waals surface area contributed by atoms with Crippen LogP contribution in [0.3, 0.4) is 0 Å². The van der Waals surface area contributed by atoms with E-state index in [0.29, 0.717) is 5.39 Å². The zero-order chi connectivity index (χ0) is 16.4. The summed E-state index contributed by atoms with van der Waals surface area (Å²) in [5.41, 5.74) is 4.17. The second-order valence-electron chi connectivity index (χ2n) is 4.68. The van der Waals surface area contributed by atoms with Crippen molar-refractivity contribution in [1.29, 1.82) is 0 Å². The van der Waals surface area contributed by atoms with Crippen molar-refractivity contribution in [2.45, 2.75) is 0 Å². The van der Waals surface area contributed by atoms with E-state index < -0.39 is 29.0 Å². The summed E-state index contributed by atoms with van der Waals surface area (Å²) in [5.74, 6) is -4.98. The van der Waals surface area contributed by atoms with Gasteiger partial charge in [-0.3, -0.25) is 20.6 Å². The van der Waals surface area contributed by atoms with E-state index in [-0.39, 0.29) is 5.69 Å². The fourth-order valence-corrected chi connectivity index (χ4v) is 2.11. The third-order valence-electron chi connectivity index (χ3n) is 3.23. The van der Waals surface area contributed by atoms with Gasteiger partial charge in [-0.2, -0.15) is 0 Å². The lowest BCUT2D eigenvalue weighted by Crippen LogP contribution is -2.30. The number of fused-ring (bicyclic) bond motifs is 1. The van der Waals surface area contributed by atoms with Crippen LogP contribution < -0.4 is 10.9 Å². The van der Waals surface area contributed by atoms with Crippen molar-refractivity contribution in [3.05, 3.63) is 71.8 Å². The van der Waals surface area contributed by atoms with Gasteiger partial charge in [0.1, 0.15) is 5.69 Å². The second-order valence-corrected chi connectivity index (χ2v) is 4.68. The summed E-state index contributed by atoms with van der Waals surface area (Å²) in [6.07, 6.45) is 1.47. The molecule has 0 aliphatic carbocycles. The molecule has 3 aromatic rings. The number of nitrogens with zero attached hydrogens (tertiary/aromatic N) is 1. The molecule has 1 amide bonds. The number of nitrogens with one attached hydrogen (secondary N) is 2. The predicted molar refractivity (Wildman–Crippen MR) is 79.1 cm³/mol. The van der Waals surface area contributed by atoms with Gasteiger partial charge in [-0.25, -0.2) is 13.2 Å². The van der Waals surface area contributed by atoms with Gasteiger partial charge in [0, 0.05) is 11.6 Å². The summed E-state index contributed by atoms with van der Waals surface area (Å²) in [6, 6.07) is 10.6. The van der Waals surface area contributed by atoms with Crippen molar-refractivity contribution >= 4 is 22.4 Å². The Kier molecular flexibility index (Phi) is 3.84. The number of anilines is 1. The Hall–Kier alpha value is -3.09. The average Bonchev–Trinajstić information content (AvgIpc) is 2.58. The summed E-state index contributed by atoms with van der Waals surface area (Å²) in [4.78, 5) is 16.2. The SMILES string of the molecule is O=C(NNc1ccc(F)c(F)c1F)c1nccc2ccccc12. The Morgan fingerprint density at radius 1 is 0.957 bits per heavy atom. The lowest BCUT2D eigenvalue weighted by Gasteiger charge is -2.10. The lowest BCUT2D eigenvalue weighted by molar-refractivity contribution is 0.0959. The number of hydrogen-bond donors (Lipinski definition) is 2. The summed E-state index contributed by atoms with van der Waals surface area (Å²) in [6.45, 7) is 0. The molecule has 23 heavy (non-hydrogen) atoms. The first-order chi connectivity index (χ1) is 11.1. The molecule has 4 nitrogen and oxygen atoms in total. The van der Waals surface area contributed by atoms with Crippen LogP contribution in [0.5, 0.6) is 0 Å². The highest BCUT2D eigenvalue weighted by Crippen LogP contribution is 2.19. The molecule has 0 atom stereocenters. The maximum absolute atomic E-state index is 13.5. The van der Waals surface area contributed by atoms with E-state index in [0.717, 1.165) is 17.5 Å². The van der Waals surface area contributed by atoms with Crippen LogP contribution in [0, 0.1) is 17.5 Å². The van der Waals surface area contributed by atoms with Gasteiger partial charge in [0.2, 0.25) is 0 Å². The van der Waals surface area contributed by atoms with Gasteiger partial charge in [0.25, 0.3) is 5.91 Å². The van der Waals surface area contributed by atoms with Gasteiger partial charge in [0.15, 0.2) is 17.5 Å². The fourth-order valence-electron chi connectivity index (χ4n) is 2.11. The van der Waals surface area contributed by atoms with Crippen LogP contribution in [0.4, 0.5) is 18.9 Å². The minimum Gasteiger partial charge on any atom is -0.295 e. The van der Waals surface area contributed by atoms with E-state index in [1.807, 2.05) is 12.1 Å². The van der Waals surface area contributed by atoms with Gasteiger partial charge >= 0.3 is 0 Å². The van der Waals surface area contributed by atoms with Crippen molar-refractivity contribution in [2.24, 2.45) is 0 Å². The summed E-state index contributed by atoms with van der Waals surface area (Å²) >= 11 is 0. The van der Waals surface area contributed by atoms with Gasteiger partial charge < -0.3 is 0 Å². The van der Waals surface area contributed by atoms with Crippen LogP contribution >= 0.6 is 0 Å². The molecular weight excluding hydrogens is 307 g/mol.